The highest BCUT2D eigenvalue weighted by Crippen LogP contribution is 2.24. The molecule has 6 heteroatoms. The highest BCUT2D eigenvalue weighted by molar-refractivity contribution is 5.79. The lowest BCUT2D eigenvalue weighted by molar-refractivity contribution is 0.139. The molecule has 31 heavy (non-hydrogen) atoms. The lowest BCUT2D eigenvalue weighted by atomic mass is 9.92. The molecule has 2 saturated heterocycles. The zero-order valence-electron chi connectivity index (χ0n) is 20.0. The number of hydrogen-bond acceptors (Lipinski definition) is 4. The number of benzene rings is 1. The van der Waals surface area contributed by atoms with Gasteiger partial charge < -0.3 is 25.0 Å². The van der Waals surface area contributed by atoms with Gasteiger partial charge in [-0.3, -0.25) is 4.99 Å². The Morgan fingerprint density at radius 3 is 2.71 bits per heavy atom. The first-order valence-corrected chi connectivity index (χ1v) is 12.0. The molecular weight excluding hydrogens is 388 g/mol. The van der Waals surface area contributed by atoms with Crippen LogP contribution in [-0.2, 0) is 11.3 Å². The first kappa shape index (κ1) is 23.9. The van der Waals surface area contributed by atoms with Gasteiger partial charge in [0.2, 0.25) is 0 Å². The van der Waals surface area contributed by atoms with E-state index in [1.54, 1.807) is 0 Å². The minimum atomic E-state index is 0.156. The van der Waals surface area contributed by atoms with E-state index < -0.39 is 0 Å². The molecule has 0 aliphatic carbocycles. The first-order chi connectivity index (χ1) is 15.0. The Balaban J connectivity index is 1.38. The van der Waals surface area contributed by atoms with Crippen molar-refractivity contribution < 1.29 is 9.47 Å². The zero-order chi connectivity index (χ0) is 22.1. The monoisotopic (exact) mass is 430 g/mol. The van der Waals surface area contributed by atoms with Crippen molar-refractivity contribution in [2.75, 3.05) is 46.4 Å². The normalized spacial score (nSPS) is 24.9. The average molecular weight is 431 g/mol. The number of nitrogens with one attached hydrogen (secondary N) is 2. The molecule has 3 unspecified atom stereocenters. The third-order valence-corrected chi connectivity index (χ3v) is 6.21. The maximum Gasteiger partial charge on any atom is 0.191 e. The second-order valence-electron chi connectivity index (χ2n) is 9.48. The molecule has 6 nitrogen and oxygen atoms in total. The van der Waals surface area contributed by atoms with E-state index in [9.17, 15) is 0 Å². The van der Waals surface area contributed by atoms with Crippen LogP contribution in [0.3, 0.4) is 0 Å². The van der Waals surface area contributed by atoms with Crippen LogP contribution in [0.15, 0.2) is 23.2 Å². The van der Waals surface area contributed by atoms with Gasteiger partial charge in [-0.25, -0.2) is 0 Å². The standard InChI is InChI=1S/C25H42N4O2/c1-19-7-8-22(24(14-19)31-23-9-12-30-18-23)15-28-25(26-4)27-10-5-6-11-29-16-20(2)13-21(3)17-29/h7-8,14,20-21,23H,5-6,9-13,15-18H2,1-4H3,(H2,26,27,28). The van der Waals surface area contributed by atoms with E-state index in [2.05, 4.69) is 59.5 Å². The second kappa shape index (κ2) is 12.3. The zero-order valence-corrected chi connectivity index (χ0v) is 20.0. The fourth-order valence-electron chi connectivity index (χ4n) is 4.74. The Morgan fingerprint density at radius 2 is 2.00 bits per heavy atom. The fourth-order valence-corrected chi connectivity index (χ4v) is 4.74. The van der Waals surface area contributed by atoms with E-state index in [1.165, 1.54) is 38.0 Å². The Hall–Kier alpha value is -1.79. The highest BCUT2D eigenvalue weighted by atomic mass is 16.5. The molecular formula is C25H42N4O2. The summed E-state index contributed by atoms with van der Waals surface area (Å²) in [6.07, 6.45) is 4.87. The molecule has 1 aromatic carbocycles. The third kappa shape index (κ3) is 8.00. The van der Waals surface area contributed by atoms with Crippen molar-refractivity contribution in [2.24, 2.45) is 16.8 Å². The molecule has 0 amide bonds. The van der Waals surface area contributed by atoms with Crippen LogP contribution in [0.4, 0.5) is 0 Å². The maximum atomic E-state index is 6.21. The van der Waals surface area contributed by atoms with Crippen molar-refractivity contribution >= 4 is 5.96 Å². The summed E-state index contributed by atoms with van der Waals surface area (Å²) in [4.78, 5) is 7.02. The number of piperidine rings is 1. The van der Waals surface area contributed by atoms with E-state index >= 15 is 0 Å². The van der Waals surface area contributed by atoms with Gasteiger partial charge in [0.1, 0.15) is 11.9 Å². The predicted molar refractivity (Wildman–Crippen MR) is 128 cm³/mol. The molecule has 174 valence electrons. The number of nitrogens with zero attached hydrogens (tertiary/aromatic N) is 2. The van der Waals surface area contributed by atoms with Crippen LogP contribution < -0.4 is 15.4 Å². The number of aliphatic imine (C=N–C) groups is 1. The molecule has 0 aromatic heterocycles. The fraction of sp³-hybridized carbons (Fsp3) is 0.720. The Bertz CT molecular complexity index is 693. The molecule has 2 N–H and O–H groups in total. The van der Waals surface area contributed by atoms with E-state index in [0.717, 1.165) is 55.1 Å². The second-order valence-corrected chi connectivity index (χ2v) is 9.48. The minimum Gasteiger partial charge on any atom is -0.488 e. The Morgan fingerprint density at radius 1 is 1.19 bits per heavy atom. The molecule has 1 aromatic rings. The summed E-state index contributed by atoms with van der Waals surface area (Å²) in [5, 5.41) is 6.90. The number of unbranched alkanes of at least 4 members (excludes halogenated alkanes) is 1. The highest BCUT2D eigenvalue weighted by Gasteiger charge is 2.21. The Labute approximate surface area is 188 Å². The van der Waals surface area contributed by atoms with Crippen molar-refractivity contribution in [1.29, 1.82) is 0 Å². The Kier molecular flexibility index (Phi) is 9.47. The van der Waals surface area contributed by atoms with Crippen molar-refractivity contribution in [3.05, 3.63) is 29.3 Å². The lowest BCUT2D eigenvalue weighted by Crippen LogP contribution is -2.40. The van der Waals surface area contributed by atoms with Gasteiger partial charge in [0.05, 0.1) is 13.2 Å². The SMILES string of the molecule is CN=C(NCCCCN1CC(C)CC(C)C1)NCc1ccc(C)cc1OC1CCOC1. The quantitative estimate of drug-likeness (QED) is 0.356. The summed E-state index contributed by atoms with van der Waals surface area (Å²) in [7, 11) is 1.83. The van der Waals surface area contributed by atoms with Crippen molar-refractivity contribution in [3.8, 4) is 5.75 Å². The molecule has 2 fully saturated rings. The van der Waals surface area contributed by atoms with Gasteiger partial charge >= 0.3 is 0 Å². The summed E-state index contributed by atoms with van der Waals surface area (Å²) in [5.41, 5.74) is 2.35. The topological polar surface area (TPSA) is 58.1 Å². The summed E-state index contributed by atoms with van der Waals surface area (Å²) in [6, 6.07) is 6.39. The van der Waals surface area contributed by atoms with E-state index in [0.29, 0.717) is 13.2 Å². The molecule has 0 saturated carbocycles. The van der Waals surface area contributed by atoms with Crippen LogP contribution in [0.1, 0.15) is 50.7 Å². The number of hydrogen-bond donors (Lipinski definition) is 2. The predicted octanol–water partition coefficient (Wildman–Crippen LogP) is 3.59. The number of likely N-dealkylation sites (tertiary alicyclic amines) is 1. The average Bonchev–Trinajstić information content (AvgIpc) is 3.23. The number of aryl methyl sites for hydroxylation is 1. The van der Waals surface area contributed by atoms with Crippen LogP contribution in [-0.4, -0.2) is 63.4 Å². The summed E-state index contributed by atoms with van der Waals surface area (Å²) < 4.78 is 11.7. The molecule has 0 spiro atoms. The van der Waals surface area contributed by atoms with E-state index in [-0.39, 0.29) is 6.10 Å². The van der Waals surface area contributed by atoms with Gasteiger partial charge in [-0.2, -0.15) is 0 Å². The summed E-state index contributed by atoms with van der Waals surface area (Å²) in [6.45, 7) is 13.7. The van der Waals surface area contributed by atoms with Gasteiger partial charge in [-0.1, -0.05) is 26.0 Å². The van der Waals surface area contributed by atoms with Gasteiger partial charge in [0.25, 0.3) is 0 Å². The van der Waals surface area contributed by atoms with Crippen LogP contribution in [0.5, 0.6) is 5.75 Å². The van der Waals surface area contributed by atoms with Crippen molar-refractivity contribution in [3.63, 3.8) is 0 Å². The van der Waals surface area contributed by atoms with Gasteiger partial charge in [-0.15, -0.1) is 0 Å². The van der Waals surface area contributed by atoms with Crippen molar-refractivity contribution in [1.82, 2.24) is 15.5 Å². The van der Waals surface area contributed by atoms with Gasteiger partial charge in [-0.05, 0) is 56.2 Å². The number of rotatable bonds is 9. The van der Waals surface area contributed by atoms with Crippen LogP contribution >= 0.6 is 0 Å². The molecule has 2 aliphatic heterocycles. The smallest absolute Gasteiger partial charge is 0.191 e. The third-order valence-electron chi connectivity index (χ3n) is 6.21. The summed E-state index contributed by atoms with van der Waals surface area (Å²) >= 11 is 0. The van der Waals surface area contributed by atoms with E-state index in [4.69, 9.17) is 9.47 Å². The molecule has 3 atom stereocenters. The lowest BCUT2D eigenvalue weighted by Gasteiger charge is -2.34. The molecule has 3 rings (SSSR count). The van der Waals surface area contributed by atoms with Gasteiger partial charge in [0.15, 0.2) is 5.96 Å². The molecule has 0 radical (unpaired) electrons. The van der Waals surface area contributed by atoms with Crippen LogP contribution in [0, 0.1) is 18.8 Å². The first-order valence-electron chi connectivity index (χ1n) is 12.0. The maximum absolute atomic E-state index is 6.21. The number of ether oxygens (including phenoxy) is 2. The van der Waals surface area contributed by atoms with Crippen LogP contribution in [0.25, 0.3) is 0 Å². The molecule has 0 bridgehead atoms. The molecule has 2 heterocycles. The van der Waals surface area contributed by atoms with Gasteiger partial charge in [0, 0.05) is 45.2 Å². The molecule has 2 aliphatic rings. The minimum absolute atomic E-state index is 0.156. The van der Waals surface area contributed by atoms with Crippen LogP contribution in [0.2, 0.25) is 0 Å². The largest absolute Gasteiger partial charge is 0.488 e. The summed E-state index contributed by atoms with van der Waals surface area (Å²) in [5.74, 6) is 3.46. The van der Waals surface area contributed by atoms with E-state index in [1.807, 2.05) is 7.05 Å². The number of guanidine groups is 1. The van der Waals surface area contributed by atoms with Crippen molar-refractivity contribution in [2.45, 2.75) is 59.1 Å².